The zero-order valence-corrected chi connectivity index (χ0v) is 11.5. The molecule has 0 amide bonds. The largest absolute Gasteiger partial charge is 0.480 e. The molecule has 0 bridgehead atoms. The highest BCUT2D eigenvalue weighted by molar-refractivity contribution is 5.81. The number of anilines is 1. The van der Waals surface area contributed by atoms with E-state index in [4.69, 9.17) is 5.26 Å². The lowest BCUT2D eigenvalue weighted by Crippen LogP contribution is -2.47. The van der Waals surface area contributed by atoms with Crippen LogP contribution in [-0.2, 0) is 4.79 Å². The summed E-state index contributed by atoms with van der Waals surface area (Å²) < 4.78 is 0. The number of piperidine rings is 1. The second-order valence-corrected chi connectivity index (χ2v) is 5.22. The first-order valence-electron chi connectivity index (χ1n) is 6.62. The number of carbonyl (C=O) groups is 1. The Morgan fingerprint density at radius 1 is 1.57 bits per heavy atom. The first-order valence-corrected chi connectivity index (χ1v) is 6.62. The second kappa shape index (κ2) is 5.79. The minimum absolute atomic E-state index is 0.0553. The van der Waals surface area contributed by atoms with Crippen molar-refractivity contribution in [3.63, 3.8) is 0 Å². The molecule has 1 aliphatic heterocycles. The van der Waals surface area contributed by atoms with Gasteiger partial charge in [0.1, 0.15) is 23.4 Å². The number of carboxylic acids is 1. The molecule has 0 saturated carbocycles. The van der Waals surface area contributed by atoms with E-state index in [1.807, 2.05) is 6.92 Å². The smallest absolute Gasteiger partial charge is 0.326 e. The van der Waals surface area contributed by atoms with Crippen LogP contribution < -0.4 is 4.90 Å². The summed E-state index contributed by atoms with van der Waals surface area (Å²) in [5, 5.41) is 29.7. The van der Waals surface area contributed by atoms with E-state index in [1.165, 1.54) is 23.1 Å². The van der Waals surface area contributed by atoms with Crippen LogP contribution in [0.5, 0.6) is 0 Å². The number of nitro benzene ring substituents is 1. The topological polar surface area (TPSA) is 107 Å². The standard InChI is InChI=1S/C14H15N3O4/c1-9-5-6-16(12(7-9)14(18)19)11-4-2-3-10(8-15)13(11)17(20)21/h2-4,9,12H,5-7H2,1H3,(H,18,19). The van der Waals surface area contributed by atoms with Crippen LogP contribution >= 0.6 is 0 Å². The quantitative estimate of drug-likeness (QED) is 0.674. The number of nitro groups is 1. The van der Waals surface area contributed by atoms with Gasteiger partial charge < -0.3 is 10.0 Å². The lowest BCUT2D eigenvalue weighted by atomic mass is 9.91. The minimum Gasteiger partial charge on any atom is -0.480 e. The first kappa shape index (κ1) is 14.8. The van der Waals surface area contributed by atoms with Gasteiger partial charge in [-0.15, -0.1) is 0 Å². The van der Waals surface area contributed by atoms with Crippen molar-refractivity contribution in [2.75, 3.05) is 11.4 Å². The van der Waals surface area contributed by atoms with Gasteiger partial charge in [-0.05, 0) is 30.9 Å². The molecule has 7 heteroatoms. The molecule has 0 radical (unpaired) electrons. The van der Waals surface area contributed by atoms with Gasteiger partial charge in [-0.25, -0.2) is 4.79 Å². The molecule has 1 aliphatic rings. The van der Waals surface area contributed by atoms with E-state index in [-0.39, 0.29) is 22.9 Å². The Balaban J connectivity index is 2.52. The van der Waals surface area contributed by atoms with Crippen LogP contribution in [0, 0.1) is 27.4 Å². The van der Waals surface area contributed by atoms with E-state index in [0.717, 1.165) is 6.42 Å². The van der Waals surface area contributed by atoms with E-state index in [2.05, 4.69) is 0 Å². The molecular weight excluding hydrogens is 274 g/mol. The number of aliphatic carboxylic acids is 1. The number of benzene rings is 1. The lowest BCUT2D eigenvalue weighted by molar-refractivity contribution is -0.384. The molecule has 110 valence electrons. The van der Waals surface area contributed by atoms with Gasteiger partial charge in [0.2, 0.25) is 0 Å². The van der Waals surface area contributed by atoms with Crippen LogP contribution in [0.15, 0.2) is 18.2 Å². The Kier molecular flexibility index (Phi) is 4.08. The lowest BCUT2D eigenvalue weighted by Gasteiger charge is -2.37. The Morgan fingerprint density at radius 3 is 2.86 bits per heavy atom. The number of hydrogen-bond donors (Lipinski definition) is 1. The molecule has 0 aromatic heterocycles. The maximum absolute atomic E-state index is 11.4. The molecule has 2 atom stereocenters. The molecule has 1 fully saturated rings. The molecule has 0 aliphatic carbocycles. The Labute approximate surface area is 121 Å². The van der Waals surface area contributed by atoms with Gasteiger partial charge in [-0.1, -0.05) is 13.0 Å². The average molecular weight is 289 g/mol. The molecule has 1 saturated heterocycles. The van der Waals surface area contributed by atoms with Crippen molar-refractivity contribution in [2.45, 2.75) is 25.8 Å². The summed E-state index contributed by atoms with van der Waals surface area (Å²) in [5.74, 6) is -0.751. The molecule has 1 heterocycles. The fourth-order valence-corrected chi connectivity index (χ4v) is 2.71. The van der Waals surface area contributed by atoms with Crippen molar-refractivity contribution in [2.24, 2.45) is 5.92 Å². The summed E-state index contributed by atoms with van der Waals surface area (Å²) in [7, 11) is 0. The van der Waals surface area contributed by atoms with Crippen molar-refractivity contribution in [1.29, 1.82) is 5.26 Å². The number of nitrogens with zero attached hydrogens (tertiary/aromatic N) is 3. The third-order valence-corrected chi connectivity index (χ3v) is 3.78. The zero-order chi connectivity index (χ0) is 15.6. The van der Waals surface area contributed by atoms with Crippen LogP contribution in [0.4, 0.5) is 11.4 Å². The molecule has 2 unspecified atom stereocenters. The summed E-state index contributed by atoms with van der Waals surface area (Å²) in [6.45, 7) is 2.39. The number of carboxylic acid groups (broad SMARTS) is 1. The van der Waals surface area contributed by atoms with E-state index >= 15 is 0 Å². The van der Waals surface area contributed by atoms with Crippen LogP contribution in [0.1, 0.15) is 25.3 Å². The monoisotopic (exact) mass is 289 g/mol. The van der Waals surface area contributed by atoms with E-state index in [9.17, 15) is 20.0 Å². The fourth-order valence-electron chi connectivity index (χ4n) is 2.71. The minimum atomic E-state index is -1.00. The van der Waals surface area contributed by atoms with Crippen LogP contribution in [0.25, 0.3) is 0 Å². The van der Waals surface area contributed by atoms with Gasteiger partial charge in [-0.2, -0.15) is 5.26 Å². The maximum atomic E-state index is 11.4. The summed E-state index contributed by atoms with van der Waals surface area (Å²) >= 11 is 0. The average Bonchev–Trinajstić information content (AvgIpc) is 2.46. The molecule has 0 spiro atoms. The Morgan fingerprint density at radius 2 is 2.29 bits per heavy atom. The highest BCUT2D eigenvalue weighted by Crippen LogP contribution is 2.36. The van der Waals surface area contributed by atoms with E-state index < -0.39 is 16.9 Å². The maximum Gasteiger partial charge on any atom is 0.326 e. The summed E-state index contributed by atoms with van der Waals surface area (Å²) in [4.78, 5) is 23.6. The molecule has 1 N–H and O–H groups in total. The number of nitriles is 1. The third kappa shape index (κ3) is 2.79. The van der Waals surface area contributed by atoms with Crippen molar-refractivity contribution < 1.29 is 14.8 Å². The van der Waals surface area contributed by atoms with Crippen LogP contribution in [0.3, 0.4) is 0 Å². The van der Waals surface area contributed by atoms with E-state index in [0.29, 0.717) is 13.0 Å². The van der Waals surface area contributed by atoms with E-state index in [1.54, 1.807) is 6.07 Å². The molecule has 7 nitrogen and oxygen atoms in total. The molecular formula is C14H15N3O4. The normalized spacial score (nSPS) is 21.6. The predicted molar refractivity (Wildman–Crippen MR) is 75.0 cm³/mol. The van der Waals surface area contributed by atoms with Gasteiger partial charge >= 0.3 is 11.7 Å². The summed E-state index contributed by atoms with van der Waals surface area (Å²) in [5.41, 5.74) is -0.167. The van der Waals surface area contributed by atoms with Gasteiger partial charge in [-0.3, -0.25) is 10.1 Å². The Bertz CT molecular complexity index is 623. The number of rotatable bonds is 3. The van der Waals surface area contributed by atoms with Crippen LogP contribution in [0.2, 0.25) is 0 Å². The van der Waals surface area contributed by atoms with Crippen molar-refractivity contribution >= 4 is 17.3 Å². The van der Waals surface area contributed by atoms with Gasteiger partial charge in [0.25, 0.3) is 0 Å². The van der Waals surface area contributed by atoms with Gasteiger partial charge in [0.15, 0.2) is 0 Å². The third-order valence-electron chi connectivity index (χ3n) is 3.78. The van der Waals surface area contributed by atoms with Crippen molar-refractivity contribution in [1.82, 2.24) is 0 Å². The Hall–Kier alpha value is -2.62. The van der Waals surface area contributed by atoms with Crippen molar-refractivity contribution in [3.05, 3.63) is 33.9 Å². The molecule has 21 heavy (non-hydrogen) atoms. The number of hydrogen-bond acceptors (Lipinski definition) is 5. The van der Waals surface area contributed by atoms with Crippen LogP contribution in [-0.4, -0.2) is 28.6 Å². The predicted octanol–water partition coefficient (Wildman–Crippen LogP) is 2.16. The summed E-state index contributed by atoms with van der Waals surface area (Å²) in [6, 6.07) is 5.40. The van der Waals surface area contributed by atoms with Gasteiger partial charge in [0.05, 0.1) is 4.92 Å². The summed E-state index contributed by atoms with van der Waals surface area (Å²) in [6.07, 6.45) is 1.20. The molecule has 1 aromatic rings. The highest BCUT2D eigenvalue weighted by atomic mass is 16.6. The number of para-hydroxylation sites is 1. The second-order valence-electron chi connectivity index (χ2n) is 5.22. The SMILES string of the molecule is CC1CCN(c2cccc(C#N)c2[N+](=O)[O-])C(C(=O)O)C1. The molecule has 1 aromatic carbocycles. The van der Waals surface area contributed by atoms with Gasteiger partial charge in [0, 0.05) is 6.54 Å². The molecule has 2 rings (SSSR count). The first-order chi connectivity index (χ1) is 9.95. The zero-order valence-electron chi connectivity index (χ0n) is 11.5. The van der Waals surface area contributed by atoms with Crippen molar-refractivity contribution in [3.8, 4) is 6.07 Å². The fraction of sp³-hybridized carbons (Fsp3) is 0.429. The highest BCUT2D eigenvalue weighted by Gasteiger charge is 2.35.